The second-order valence-corrected chi connectivity index (χ2v) is 3.69. The quantitative estimate of drug-likeness (QED) is 0.564. The first-order valence-corrected chi connectivity index (χ1v) is 5.54. The zero-order chi connectivity index (χ0) is 11.5. The average molecular weight is 215 g/mol. The zero-order valence-electron chi connectivity index (χ0n) is 9.42. The largest absolute Gasteiger partial charge is 0.396 e. The number of aliphatic hydroxyl groups excluding tert-OH is 1. The van der Waals surface area contributed by atoms with Crippen molar-refractivity contribution in [3.63, 3.8) is 0 Å². The molecule has 0 aromatic heterocycles. The number of amides is 1. The third-order valence-corrected chi connectivity index (χ3v) is 2.11. The molecular weight excluding hydrogens is 194 g/mol. The minimum atomic E-state index is -0.0487. The maximum Gasteiger partial charge on any atom is 0.220 e. The summed E-state index contributed by atoms with van der Waals surface area (Å²) in [6.45, 7) is 2.40. The lowest BCUT2D eigenvalue weighted by Crippen LogP contribution is -2.24. The van der Waals surface area contributed by atoms with Gasteiger partial charge in [0.25, 0.3) is 0 Å². The first kappa shape index (κ1) is 14.1. The van der Waals surface area contributed by atoms with Gasteiger partial charge in [-0.05, 0) is 19.8 Å². The third-order valence-electron chi connectivity index (χ3n) is 2.11. The number of unbranched alkanes of at least 4 members (excludes halogenated alkanes) is 3. The minimum Gasteiger partial charge on any atom is -0.396 e. The third kappa shape index (κ3) is 11.0. The summed E-state index contributed by atoms with van der Waals surface area (Å²) in [6, 6.07) is 0. The molecule has 0 aliphatic carbocycles. The summed E-state index contributed by atoms with van der Waals surface area (Å²) >= 11 is 0. The van der Waals surface area contributed by atoms with Crippen LogP contribution in [0.5, 0.6) is 0 Å². The molecule has 88 valence electrons. The normalized spacial score (nSPS) is 10.0. The number of aliphatic hydroxyl groups is 1. The van der Waals surface area contributed by atoms with E-state index in [-0.39, 0.29) is 18.3 Å². The molecule has 0 spiro atoms. The van der Waals surface area contributed by atoms with Gasteiger partial charge in [0.2, 0.25) is 5.91 Å². The molecule has 0 fully saturated rings. The summed E-state index contributed by atoms with van der Waals surface area (Å²) in [5.41, 5.74) is 0. The molecule has 15 heavy (non-hydrogen) atoms. The summed E-state index contributed by atoms with van der Waals surface area (Å²) in [6.07, 6.45) is 4.42. The summed E-state index contributed by atoms with van der Waals surface area (Å²) in [5, 5.41) is 11.3. The van der Waals surface area contributed by atoms with Gasteiger partial charge in [-0.1, -0.05) is 12.8 Å². The van der Waals surface area contributed by atoms with Crippen LogP contribution >= 0.6 is 0 Å². The smallest absolute Gasteiger partial charge is 0.220 e. The molecule has 0 aromatic carbocycles. The number of carbonyl (C=O) groups is 2. The van der Waals surface area contributed by atoms with Crippen molar-refractivity contribution in [3.8, 4) is 0 Å². The number of rotatable bonds is 9. The van der Waals surface area contributed by atoms with E-state index in [1.165, 1.54) is 6.92 Å². The molecular formula is C11H21NO3. The predicted octanol–water partition coefficient (Wildman–Crippen LogP) is 1.02. The van der Waals surface area contributed by atoms with Gasteiger partial charge in [0.05, 0.1) is 0 Å². The standard InChI is InChI=1S/C11H21NO3/c1-10(14)6-7-11(15)12-8-4-2-3-5-9-13/h13H,2-9H2,1H3,(H,12,15). The molecule has 4 nitrogen and oxygen atoms in total. The number of Topliss-reactive ketones (excluding diaryl/α,β-unsaturated/α-hetero) is 1. The molecule has 0 bridgehead atoms. The minimum absolute atomic E-state index is 0.0487. The van der Waals surface area contributed by atoms with Crippen LogP contribution in [-0.2, 0) is 9.59 Å². The van der Waals surface area contributed by atoms with Gasteiger partial charge in [0.1, 0.15) is 5.78 Å². The van der Waals surface area contributed by atoms with Gasteiger partial charge >= 0.3 is 0 Å². The van der Waals surface area contributed by atoms with Crippen molar-refractivity contribution in [2.24, 2.45) is 0 Å². The fourth-order valence-corrected chi connectivity index (χ4v) is 1.20. The number of carbonyl (C=O) groups excluding carboxylic acids is 2. The van der Waals surface area contributed by atoms with Gasteiger partial charge in [-0.2, -0.15) is 0 Å². The van der Waals surface area contributed by atoms with E-state index in [1.807, 2.05) is 0 Å². The van der Waals surface area contributed by atoms with E-state index in [9.17, 15) is 9.59 Å². The molecule has 0 aliphatic heterocycles. The maximum atomic E-state index is 11.1. The lowest BCUT2D eigenvalue weighted by Gasteiger charge is -2.03. The van der Waals surface area contributed by atoms with Crippen LogP contribution in [0.15, 0.2) is 0 Å². The highest BCUT2D eigenvalue weighted by Crippen LogP contribution is 1.98. The molecule has 4 heteroatoms. The predicted molar refractivity (Wildman–Crippen MR) is 58.5 cm³/mol. The Morgan fingerprint density at radius 1 is 1.07 bits per heavy atom. The van der Waals surface area contributed by atoms with Crippen molar-refractivity contribution >= 4 is 11.7 Å². The molecule has 0 atom stereocenters. The van der Waals surface area contributed by atoms with E-state index in [0.717, 1.165) is 25.7 Å². The summed E-state index contributed by atoms with van der Waals surface area (Å²) < 4.78 is 0. The fraction of sp³-hybridized carbons (Fsp3) is 0.818. The van der Waals surface area contributed by atoms with Crippen molar-refractivity contribution in [2.75, 3.05) is 13.2 Å². The lowest BCUT2D eigenvalue weighted by atomic mass is 10.2. The second kappa shape index (κ2) is 9.65. The van der Waals surface area contributed by atoms with E-state index in [1.54, 1.807) is 0 Å². The topological polar surface area (TPSA) is 66.4 Å². The van der Waals surface area contributed by atoms with E-state index in [2.05, 4.69) is 5.32 Å². The molecule has 2 N–H and O–H groups in total. The Morgan fingerprint density at radius 2 is 1.73 bits per heavy atom. The molecule has 0 aliphatic rings. The Balaban J connectivity index is 3.20. The highest BCUT2D eigenvalue weighted by atomic mass is 16.2. The van der Waals surface area contributed by atoms with E-state index >= 15 is 0 Å². The maximum absolute atomic E-state index is 11.1. The van der Waals surface area contributed by atoms with Crippen LogP contribution in [0, 0.1) is 0 Å². The van der Waals surface area contributed by atoms with Crippen LogP contribution in [0.25, 0.3) is 0 Å². The van der Waals surface area contributed by atoms with Gasteiger partial charge in [-0.15, -0.1) is 0 Å². The van der Waals surface area contributed by atoms with Gasteiger partial charge in [0, 0.05) is 26.0 Å². The Hall–Kier alpha value is -0.900. The van der Waals surface area contributed by atoms with E-state index < -0.39 is 0 Å². The average Bonchev–Trinajstić information content (AvgIpc) is 2.20. The van der Waals surface area contributed by atoms with Crippen molar-refractivity contribution < 1.29 is 14.7 Å². The molecule has 1 amide bonds. The van der Waals surface area contributed by atoms with Gasteiger partial charge in [0.15, 0.2) is 0 Å². The van der Waals surface area contributed by atoms with E-state index in [4.69, 9.17) is 5.11 Å². The fourth-order valence-electron chi connectivity index (χ4n) is 1.20. The Kier molecular flexibility index (Phi) is 9.07. The molecule has 0 aromatic rings. The first-order chi connectivity index (χ1) is 7.16. The van der Waals surface area contributed by atoms with Gasteiger partial charge in [-0.25, -0.2) is 0 Å². The van der Waals surface area contributed by atoms with Crippen molar-refractivity contribution in [2.45, 2.75) is 45.4 Å². The van der Waals surface area contributed by atoms with Gasteiger partial charge < -0.3 is 15.2 Å². The summed E-state index contributed by atoms with van der Waals surface area (Å²) in [7, 11) is 0. The lowest BCUT2D eigenvalue weighted by molar-refractivity contribution is -0.124. The van der Waals surface area contributed by atoms with Crippen molar-refractivity contribution in [1.29, 1.82) is 0 Å². The first-order valence-electron chi connectivity index (χ1n) is 5.54. The van der Waals surface area contributed by atoms with Crippen LogP contribution in [0.4, 0.5) is 0 Å². The summed E-state index contributed by atoms with van der Waals surface area (Å²) in [5.74, 6) is 0.000420. The number of hydrogen-bond donors (Lipinski definition) is 2. The second-order valence-electron chi connectivity index (χ2n) is 3.69. The van der Waals surface area contributed by atoms with Crippen LogP contribution < -0.4 is 5.32 Å². The molecule has 0 radical (unpaired) electrons. The SMILES string of the molecule is CC(=O)CCC(=O)NCCCCCCO. The molecule has 0 unspecified atom stereocenters. The monoisotopic (exact) mass is 215 g/mol. The van der Waals surface area contributed by atoms with Crippen molar-refractivity contribution in [1.82, 2.24) is 5.32 Å². The molecule has 0 heterocycles. The Bertz CT molecular complexity index is 192. The summed E-state index contributed by atoms with van der Waals surface area (Å²) in [4.78, 5) is 21.7. The van der Waals surface area contributed by atoms with Crippen LogP contribution in [0.3, 0.4) is 0 Å². The highest BCUT2D eigenvalue weighted by Gasteiger charge is 2.01. The van der Waals surface area contributed by atoms with Crippen LogP contribution in [-0.4, -0.2) is 29.9 Å². The molecule has 0 rings (SSSR count). The number of nitrogens with one attached hydrogen (secondary N) is 1. The highest BCUT2D eigenvalue weighted by molar-refractivity contribution is 5.83. The molecule has 0 saturated carbocycles. The number of ketones is 1. The zero-order valence-corrected chi connectivity index (χ0v) is 9.42. The van der Waals surface area contributed by atoms with Gasteiger partial charge in [-0.3, -0.25) is 4.79 Å². The van der Waals surface area contributed by atoms with Crippen LogP contribution in [0.1, 0.15) is 45.4 Å². The molecule has 0 saturated heterocycles. The van der Waals surface area contributed by atoms with E-state index in [0.29, 0.717) is 19.4 Å². The Morgan fingerprint density at radius 3 is 2.33 bits per heavy atom. The Labute approximate surface area is 91.1 Å². The van der Waals surface area contributed by atoms with Crippen molar-refractivity contribution in [3.05, 3.63) is 0 Å². The number of hydrogen-bond acceptors (Lipinski definition) is 3. The van der Waals surface area contributed by atoms with Crippen LogP contribution in [0.2, 0.25) is 0 Å².